The minimum atomic E-state index is -0.634. The van der Waals surface area contributed by atoms with E-state index in [2.05, 4.69) is 17.2 Å². The van der Waals surface area contributed by atoms with Crippen LogP contribution in [0.15, 0.2) is 12.3 Å². The molecule has 1 heterocycles. The Morgan fingerprint density at radius 1 is 1.61 bits per heavy atom. The van der Waals surface area contributed by atoms with Crippen LogP contribution in [0.3, 0.4) is 0 Å². The van der Waals surface area contributed by atoms with Gasteiger partial charge in [0.25, 0.3) is 11.6 Å². The van der Waals surface area contributed by atoms with Crippen molar-refractivity contribution in [2.45, 2.75) is 25.8 Å². The summed E-state index contributed by atoms with van der Waals surface area (Å²) in [5.41, 5.74) is 5.09. The Bertz CT molecular complexity index is 497. The molecular weight excluding hydrogens is 236 g/mol. The molecule has 1 aliphatic carbocycles. The van der Waals surface area contributed by atoms with E-state index in [1.165, 1.54) is 6.07 Å². The molecule has 0 aliphatic heterocycles. The SMILES string of the molecule is CC1CC(NC(=O)c2cc(N)ncc2[N+](=O)[O-])C1. The largest absolute Gasteiger partial charge is 0.384 e. The predicted molar refractivity (Wildman–Crippen MR) is 65.0 cm³/mol. The molecule has 0 saturated heterocycles. The Hall–Kier alpha value is -2.18. The van der Waals surface area contributed by atoms with Crippen molar-refractivity contribution in [1.82, 2.24) is 10.3 Å². The smallest absolute Gasteiger partial charge is 0.300 e. The van der Waals surface area contributed by atoms with Gasteiger partial charge in [0.05, 0.1) is 4.92 Å². The fourth-order valence-electron chi connectivity index (χ4n) is 2.08. The maximum Gasteiger partial charge on any atom is 0.300 e. The molecule has 1 aromatic heterocycles. The second kappa shape index (κ2) is 4.59. The van der Waals surface area contributed by atoms with Gasteiger partial charge in [-0.1, -0.05) is 6.92 Å². The van der Waals surface area contributed by atoms with Gasteiger partial charge in [0.2, 0.25) is 0 Å². The minimum Gasteiger partial charge on any atom is -0.384 e. The molecule has 7 nitrogen and oxygen atoms in total. The van der Waals surface area contributed by atoms with E-state index in [1.54, 1.807) is 0 Å². The summed E-state index contributed by atoms with van der Waals surface area (Å²) >= 11 is 0. The van der Waals surface area contributed by atoms with Crippen LogP contribution in [-0.2, 0) is 0 Å². The van der Waals surface area contributed by atoms with Crippen molar-refractivity contribution in [2.24, 2.45) is 5.92 Å². The second-order valence-electron chi connectivity index (χ2n) is 4.63. The van der Waals surface area contributed by atoms with Crippen LogP contribution in [0.1, 0.15) is 30.1 Å². The van der Waals surface area contributed by atoms with Crippen molar-refractivity contribution < 1.29 is 9.72 Å². The van der Waals surface area contributed by atoms with Gasteiger partial charge < -0.3 is 11.1 Å². The van der Waals surface area contributed by atoms with Crippen molar-refractivity contribution in [3.05, 3.63) is 27.9 Å². The quantitative estimate of drug-likeness (QED) is 0.616. The van der Waals surface area contributed by atoms with Crippen LogP contribution in [0, 0.1) is 16.0 Å². The van der Waals surface area contributed by atoms with E-state index < -0.39 is 10.8 Å². The van der Waals surface area contributed by atoms with E-state index in [9.17, 15) is 14.9 Å². The number of nitro groups is 1. The highest BCUT2D eigenvalue weighted by Gasteiger charge is 2.29. The van der Waals surface area contributed by atoms with Crippen molar-refractivity contribution in [3.8, 4) is 0 Å². The third kappa shape index (κ3) is 2.39. The first-order valence-electron chi connectivity index (χ1n) is 5.68. The molecule has 0 aromatic carbocycles. The first kappa shape index (κ1) is 12.3. The van der Waals surface area contributed by atoms with Crippen molar-refractivity contribution in [1.29, 1.82) is 0 Å². The number of carbonyl (C=O) groups excluding carboxylic acids is 1. The summed E-state index contributed by atoms with van der Waals surface area (Å²) in [7, 11) is 0. The maximum atomic E-state index is 11.9. The molecule has 0 bridgehead atoms. The summed E-state index contributed by atoms with van der Waals surface area (Å²) in [5.74, 6) is 0.216. The lowest BCUT2D eigenvalue weighted by atomic mass is 9.82. The first-order valence-corrected chi connectivity index (χ1v) is 5.68. The molecule has 0 atom stereocenters. The van der Waals surface area contributed by atoms with Gasteiger partial charge in [-0.15, -0.1) is 0 Å². The van der Waals surface area contributed by atoms with Crippen molar-refractivity contribution in [3.63, 3.8) is 0 Å². The van der Waals surface area contributed by atoms with Gasteiger partial charge in [0, 0.05) is 6.04 Å². The number of nitrogens with one attached hydrogen (secondary N) is 1. The van der Waals surface area contributed by atoms with Crippen molar-refractivity contribution in [2.75, 3.05) is 5.73 Å². The fraction of sp³-hybridized carbons (Fsp3) is 0.455. The van der Waals surface area contributed by atoms with Crippen LogP contribution < -0.4 is 11.1 Å². The van der Waals surface area contributed by atoms with E-state index >= 15 is 0 Å². The van der Waals surface area contributed by atoms with Crippen LogP contribution in [0.25, 0.3) is 0 Å². The molecule has 18 heavy (non-hydrogen) atoms. The molecule has 0 radical (unpaired) electrons. The molecule has 0 unspecified atom stereocenters. The molecule has 1 fully saturated rings. The molecule has 3 N–H and O–H groups in total. The fourth-order valence-corrected chi connectivity index (χ4v) is 2.08. The normalized spacial score (nSPS) is 22.1. The zero-order chi connectivity index (χ0) is 13.3. The topological polar surface area (TPSA) is 111 Å². The van der Waals surface area contributed by atoms with E-state index in [-0.39, 0.29) is 23.1 Å². The molecule has 1 amide bonds. The summed E-state index contributed by atoms with van der Waals surface area (Å²) in [5, 5.41) is 13.6. The minimum absolute atomic E-state index is 0.0351. The highest BCUT2D eigenvalue weighted by molar-refractivity contribution is 5.98. The summed E-state index contributed by atoms with van der Waals surface area (Å²) in [6.07, 6.45) is 2.81. The highest BCUT2D eigenvalue weighted by atomic mass is 16.6. The Balaban J connectivity index is 2.18. The van der Waals surface area contributed by atoms with Crippen LogP contribution >= 0.6 is 0 Å². The van der Waals surface area contributed by atoms with Crippen LogP contribution in [0.2, 0.25) is 0 Å². The zero-order valence-electron chi connectivity index (χ0n) is 9.92. The molecule has 96 valence electrons. The third-order valence-electron chi connectivity index (χ3n) is 3.05. The van der Waals surface area contributed by atoms with E-state index in [0.29, 0.717) is 5.92 Å². The van der Waals surface area contributed by atoms with Gasteiger partial charge in [0.1, 0.15) is 17.6 Å². The Kier molecular flexibility index (Phi) is 3.14. The molecule has 0 spiro atoms. The summed E-state index contributed by atoms with van der Waals surface area (Å²) in [4.78, 5) is 25.7. The molecule has 7 heteroatoms. The van der Waals surface area contributed by atoms with E-state index in [4.69, 9.17) is 5.73 Å². The lowest BCUT2D eigenvalue weighted by Crippen LogP contribution is -2.43. The second-order valence-corrected chi connectivity index (χ2v) is 4.63. The van der Waals surface area contributed by atoms with Gasteiger partial charge >= 0.3 is 0 Å². The number of amides is 1. The number of carbonyl (C=O) groups is 1. The standard InChI is InChI=1S/C11H14N4O3/c1-6-2-7(3-6)14-11(16)8-4-10(12)13-5-9(8)15(17)18/h4-7H,2-3H2,1H3,(H2,12,13)(H,14,16). The Labute approximate surface area is 104 Å². The van der Waals surface area contributed by atoms with Crippen molar-refractivity contribution >= 4 is 17.4 Å². The first-order chi connectivity index (χ1) is 8.47. The van der Waals surface area contributed by atoms with E-state index in [1.807, 2.05) is 0 Å². The van der Waals surface area contributed by atoms with Crippen LogP contribution in [-0.4, -0.2) is 21.9 Å². The van der Waals surface area contributed by atoms with Gasteiger partial charge in [-0.05, 0) is 24.8 Å². The van der Waals surface area contributed by atoms with Crippen LogP contribution in [0.5, 0.6) is 0 Å². The molecule has 1 aliphatic rings. The average molecular weight is 250 g/mol. The van der Waals surface area contributed by atoms with Crippen LogP contribution in [0.4, 0.5) is 11.5 Å². The number of aromatic nitrogens is 1. The number of nitrogens with two attached hydrogens (primary N) is 1. The Morgan fingerprint density at radius 2 is 2.28 bits per heavy atom. The highest BCUT2D eigenvalue weighted by Crippen LogP contribution is 2.27. The molecular formula is C11H14N4O3. The average Bonchev–Trinajstić information content (AvgIpc) is 2.26. The monoisotopic (exact) mass is 250 g/mol. The summed E-state index contributed by atoms with van der Waals surface area (Å²) < 4.78 is 0. The van der Waals surface area contributed by atoms with Gasteiger partial charge in [-0.2, -0.15) is 0 Å². The summed E-state index contributed by atoms with van der Waals surface area (Å²) in [6, 6.07) is 1.33. The third-order valence-corrected chi connectivity index (χ3v) is 3.05. The lowest BCUT2D eigenvalue weighted by molar-refractivity contribution is -0.385. The number of nitrogen functional groups attached to an aromatic ring is 1. The number of nitrogens with zero attached hydrogens (tertiary/aromatic N) is 2. The zero-order valence-corrected chi connectivity index (χ0v) is 9.92. The number of pyridine rings is 1. The van der Waals surface area contributed by atoms with Gasteiger partial charge in [0.15, 0.2) is 0 Å². The van der Waals surface area contributed by atoms with E-state index in [0.717, 1.165) is 19.0 Å². The molecule has 1 aromatic rings. The number of rotatable bonds is 3. The number of hydrogen-bond donors (Lipinski definition) is 2. The molecule has 1 saturated carbocycles. The van der Waals surface area contributed by atoms with Gasteiger partial charge in [-0.3, -0.25) is 14.9 Å². The predicted octanol–water partition coefficient (Wildman–Crippen LogP) is 1.10. The lowest BCUT2D eigenvalue weighted by Gasteiger charge is -2.33. The number of anilines is 1. The molecule has 2 rings (SSSR count). The Morgan fingerprint density at radius 3 is 2.83 bits per heavy atom. The van der Waals surface area contributed by atoms with Gasteiger partial charge in [-0.25, -0.2) is 4.98 Å². The number of hydrogen-bond acceptors (Lipinski definition) is 5. The summed E-state index contributed by atoms with van der Waals surface area (Å²) in [6.45, 7) is 2.09. The maximum absolute atomic E-state index is 11.9.